The molecule has 0 fully saturated rings. The van der Waals surface area contributed by atoms with Gasteiger partial charge in [-0.25, -0.2) is 8.42 Å². The van der Waals surface area contributed by atoms with Crippen molar-refractivity contribution in [3.8, 4) is 5.75 Å². The minimum absolute atomic E-state index is 0.0305. The first-order valence-corrected chi connectivity index (χ1v) is 17.0. The van der Waals surface area contributed by atoms with Gasteiger partial charge in [0.1, 0.15) is 11.8 Å². The summed E-state index contributed by atoms with van der Waals surface area (Å²) in [7, 11) is -3.71. The minimum Gasteiger partial charge on any atom is -0.483 e. The number of hydrogen-bond donors (Lipinski definition) is 2. The largest absolute Gasteiger partial charge is 0.483 e. The number of rotatable bonds is 12. The first kappa shape index (κ1) is 31.4. The van der Waals surface area contributed by atoms with Crippen LogP contribution in [0, 0.1) is 5.41 Å². The molecule has 4 rings (SSSR count). The molecule has 0 aliphatic carbocycles. The number of nitrogens with one attached hydrogen (secondary N) is 1. The van der Waals surface area contributed by atoms with Crippen molar-refractivity contribution >= 4 is 44.8 Å². The molecule has 0 saturated carbocycles. The van der Waals surface area contributed by atoms with Crippen molar-refractivity contribution in [3.05, 3.63) is 78.4 Å². The highest BCUT2D eigenvalue weighted by Gasteiger charge is 2.42. The van der Waals surface area contributed by atoms with Crippen LogP contribution < -0.4 is 20.7 Å². The normalized spacial score (nSPS) is 18.4. The van der Waals surface area contributed by atoms with Crippen LogP contribution in [0.5, 0.6) is 5.75 Å². The summed E-state index contributed by atoms with van der Waals surface area (Å²) in [5, 5.41) is 2.62. The van der Waals surface area contributed by atoms with Crippen molar-refractivity contribution in [2.24, 2.45) is 11.1 Å². The third-order valence-corrected chi connectivity index (χ3v) is 10.6. The van der Waals surface area contributed by atoms with Gasteiger partial charge in [-0.2, -0.15) is 0 Å². The highest BCUT2D eigenvalue weighted by Crippen LogP contribution is 2.47. The summed E-state index contributed by atoms with van der Waals surface area (Å²) in [5.41, 5.74) is 7.20. The summed E-state index contributed by atoms with van der Waals surface area (Å²) in [4.78, 5) is 27.9. The van der Waals surface area contributed by atoms with E-state index in [-0.39, 0.29) is 10.6 Å². The van der Waals surface area contributed by atoms with E-state index in [1.54, 1.807) is 36.4 Å². The molecule has 1 heterocycles. The Morgan fingerprint density at radius 3 is 2.33 bits per heavy atom. The number of benzene rings is 3. The number of carbonyl (C=O) groups is 2. The molecular formula is C32H39N3O5S2. The number of primary amides is 1. The van der Waals surface area contributed by atoms with E-state index in [1.807, 2.05) is 42.7 Å². The molecule has 10 heteroatoms. The van der Waals surface area contributed by atoms with Gasteiger partial charge in [-0.15, -0.1) is 11.8 Å². The summed E-state index contributed by atoms with van der Waals surface area (Å²) >= 11 is 1.41. The number of thioether (sulfide) groups is 1. The Hall–Kier alpha value is -3.50. The molecule has 0 aromatic heterocycles. The molecule has 224 valence electrons. The van der Waals surface area contributed by atoms with Gasteiger partial charge in [-0.1, -0.05) is 75.2 Å². The minimum atomic E-state index is -3.71. The Balaban J connectivity index is 1.70. The maximum Gasteiger partial charge on any atom is 0.258 e. The lowest BCUT2D eigenvalue weighted by Gasteiger charge is -2.36. The molecule has 0 radical (unpaired) electrons. The predicted octanol–water partition coefficient (Wildman–Crippen LogP) is 5.64. The molecule has 2 unspecified atom stereocenters. The average molecular weight is 610 g/mol. The van der Waals surface area contributed by atoms with Crippen LogP contribution >= 0.6 is 11.8 Å². The third-order valence-electron chi connectivity index (χ3n) is 7.82. The van der Waals surface area contributed by atoms with Gasteiger partial charge in [0.2, 0.25) is 5.91 Å². The van der Waals surface area contributed by atoms with E-state index in [0.29, 0.717) is 28.4 Å². The molecule has 42 heavy (non-hydrogen) atoms. The van der Waals surface area contributed by atoms with E-state index in [1.165, 1.54) is 11.8 Å². The van der Waals surface area contributed by atoms with Crippen molar-refractivity contribution in [3.63, 3.8) is 0 Å². The monoisotopic (exact) mass is 609 g/mol. The van der Waals surface area contributed by atoms with Gasteiger partial charge in [-0.05, 0) is 42.9 Å². The number of hydrogen-bond acceptors (Lipinski definition) is 7. The molecule has 0 spiro atoms. The predicted molar refractivity (Wildman–Crippen MR) is 168 cm³/mol. The lowest BCUT2D eigenvalue weighted by atomic mass is 9.81. The molecule has 0 saturated heterocycles. The topological polar surface area (TPSA) is 119 Å². The van der Waals surface area contributed by atoms with E-state index in [2.05, 4.69) is 24.1 Å². The van der Waals surface area contributed by atoms with Crippen LogP contribution in [0.15, 0.2) is 82.6 Å². The first-order chi connectivity index (χ1) is 20.1. The van der Waals surface area contributed by atoms with Gasteiger partial charge < -0.3 is 20.7 Å². The van der Waals surface area contributed by atoms with E-state index >= 15 is 0 Å². The second kappa shape index (κ2) is 13.6. The van der Waals surface area contributed by atoms with Crippen molar-refractivity contribution < 1.29 is 22.7 Å². The summed E-state index contributed by atoms with van der Waals surface area (Å²) in [6.45, 7) is 4.35. The Labute approximate surface area is 252 Å². The maximum atomic E-state index is 14.1. The maximum absolute atomic E-state index is 14.1. The molecule has 2 atom stereocenters. The van der Waals surface area contributed by atoms with E-state index in [0.717, 1.165) is 31.4 Å². The lowest BCUT2D eigenvalue weighted by molar-refractivity contribution is -0.128. The Kier molecular flexibility index (Phi) is 10.2. The van der Waals surface area contributed by atoms with Crippen molar-refractivity contribution in [1.29, 1.82) is 0 Å². The fourth-order valence-corrected chi connectivity index (χ4v) is 8.18. The Bertz CT molecular complexity index is 1500. The molecule has 3 aromatic carbocycles. The van der Waals surface area contributed by atoms with Crippen LogP contribution in [0.2, 0.25) is 0 Å². The number of nitrogens with two attached hydrogens (primary N) is 1. The van der Waals surface area contributed by atoms with E-state index < -0.39 is 39.7 Å². The molecule has 1 aliphatic heterocycles. The number of sulfone groups is 1. The second-order valence-electron chi connectivity index (χ2n) is 10.7. The van der Waals surface area contributed by atoms with Crippen molar-refractivity contribution in [2.45, 2.75) is 55.4 Å². The van der Waals surface area contributed by atoms with Gasteiger partial charge in [0, 0.05) is 23.7 Å². The van der Waals surface area contributed by atoms with Crippen LogP contribution in [-0.2, 0) is 19.4 Å². The number of anilines is 2. The lowest BCUT2D eigenvalue weighted by Crippen LogP contribution is -2.39. The highest BCUT2D eigenvalue weighted by atomic mass is 32.2. The van der Waals surface area contributed by atoms with Gasteiger partial charge in [-0.3, -0.25) is 9.59 Å². The molecular weight excluding hydrogens is 571 g/mol. The van der Waals surface area contributed by atoms with Gasteiger partial charge >= 0.3 is 0 Å². The van der Waals surface area contributed by atoms with Gasteiger partial charge in [0.25, 0.3) is 5.91 Å². The molecule has 3 N–H and O–H groups in total. The fourth-order valence-electron chi connectivity index (χ4n) is 5.45. The average Bonchev–Trinajstić information content (AvgIpc) is 3.09. The first-order valence-electron chi connectivity index (χ1n) is 14.2. The summed E-state index contributed by atoms with van der Waals surface area (Å²) in [6, 6.07) is 20.9. The van der Waals surface area contributed by atoms with Gasteiger partial charge in [0.05, 0.1) is 21.2 Å². The number of carbonyl (C=O) groups excluding carboxylic acids is 2. The Morgan fingerprint density at radius 1 is 1.07 bits per heavy atom. The molecule has 3 aromatic rings. The zero-order valence-electron chi connectivity index (χ0n) is 24.3. The van der Waals surface area contributed by atoms with Crippen LogP contribution in [0.25, 0.3) is 0 Å². The van der Waals surface area contributed by atoms with Crippen LogP contribution in [-0.4, -0.2) is 45.4 Å². The van der Waals surface area contributed by atoms with Gasteiger partial charge in [0.15, 0.2) is 16.4 Å². The van der Waals surface area contributed by atoms with E-state index in [9.17, 15) is 18.0 Å². The van der Waals surface area contributed by atoms with E-state index in [4.69, 9.17) is 10.5 Å². The zero-order chi connectivity index (χ0) is 30.3. The second-order valence-corrected chi connectivity index (χ2v) is 13.5. The third kappa shape index (κ3) is 7.10. The molecule has 0 bridgehead atoms. The number of ether oxygens (including phenoxy) is 1. The van der Waals surface area contributed by atoms with Crippen LogP contribution in [0.1, 0.15) is 51.1 Å². The smallest absolute Gasteiger partial charge is 0.258 e. The highest BCUT2D eigenvalue weighted by molar-refractivity contribution is 7.98. The van der Waals surface area contributed by atoms with Crippen molar-refractivity contribution in [1.82, 2.24) is 5.32 Å². The molecule has 8 nitrogen and oxygen atoms in total. The van der Waals surface area contributed by atoms with Crippen molar-refractivity contribution in [2.75, 3.05) is 30.1 Å². The summed E-state index contributed by atoms with van der Waals surface area (Å²) < 4.78 is 34.0. The Morgan fingerprint density at radius 2 is 1.74 bits per heavy atom. The number of unbranched alkanes of at least 4 members (excludes halogenated alkanes) is 1. The standard InChI is InChI=1S/C32H39N3O5S2/c1-4-6-17-32(5-2)21-35(24-15-11-8-12-16-24)25-18-27(41-3)26(19-28(25)42(38,39)22-32)40-20-29(36)34-30(31(33)37)23-13-9-7-10-14-23/h7-16,18-19,30H,4-6,17,20-22H2,1-3H3,(H2,33,37)(H,34,36). The summed E-state index contributed by atoms with van der Waals surface area (Å²) in [5.74, 6) is -0.925. The number of nitrogens with zero attached hydrogens (tertiary/aromatic N) is 1. The van der Waals surface area contributed by atoms with Crippen LogP contribution in [0.3, 0.4) is 0 Å². The number of amides is 2. The molecule has 2 amide bonds. The fraction of sp³-hybridized carbons (Fsp3) is 0.375. The summed E-state index contributed by atoms with van der Waals surface area (Å²) in [6.07, 6.45) is 5.33. The van der Waals surface area contributed by atoms with Crippen LogP contribution in [0.4, 0.5) is 11.4 Å². The molecule has 1 aliphatic rings. The zero-order valence-corrected chi connectivity index (χ0v) is 26.0. The number of fused-ring (bicyclic) bond motifs is 1. The number of para-hydroxylation sites is 1. The quantitative estimate of drug-likeness (QED) is 0.255. The SMILES string of the molecule is CCCCC1(CC)CN(c2ccccc2)c2cc(SC)c(OCC(=O)NC(C(N)=O)c3ccccc3)cc2S(=O)(=O)C1.